The predicted molar refractivity (Wildman–Crippen MR) is 59.2 cm³/mol. The minimum atomic E-state index is -4.49. The van der Waals surface area contributed by atoms with Gasteiger partial charge in [-0.05, 0) is 26.8 Å². The van der Waals surface area contributed by atoms with Crippen molar-refractivity contribution in [2.24, 2.45) is 17.4 Å². The lowest BCUT2D eigenvalue weighted by Gasteiger charge is -2.25. The molecule has 1 unspecified atom stereocenters. The Balaban J connectivity index is 4.58. The number of nitrogens with one attached hydrogen (secondary N) is 1. The summed E-state index contributed by atoms with van der Waals surface area (Å²) in [7, 11) is 0. The molecule has 5 N–H and O–H groups in total. The topological polar surface area (TPSA) is 98.2 Å². The van der Waals surface area contributed by atoms with Gasteiger partial charge in [0.2, 0.25) is 11.8 Å². The smallest absolute Gasteiger partial charge is 0.368 e. The van der Waals surface area contributed by atoms with E-state index in [0.29, 0.717) is 0 Å². The summed E-state index contributed by atoms with van der Waals surface area (Å²) in [5.41, 5.74) is 8.69. The van der Waals surface area contributed by atoms with Crippen LogP contribution < -0.4 is 16.8 Å². The van der Waals surface area contributed by atoms with Crippen LogP contribution in [-0.4, -0.2) is 30.1 Å². The molecule has 0 aromatic carbocycles. The second kappa shape index (κ2) is 6.03. The first-order valence-corrected chi connectivity index (χ1v) is 5.38. The van der Waals surface area contributed by atoms with E-state index in [1.807, 2.05) is 0 Å². The molecule has 0 bridgehead atoms. The number of amides is 2. The number of rotatable bonds is 6. The maximum atomic E-state index is 12.5. The summed E-state index contributed by atoms with van der Waals surface area (Å²) in [4.78, 5) is 22.4. The summed E-state index contributed by atoms with van der Waals surface area (Å²) in [5, 5.41) is 2.16. The molecule has 0 radical (unpaired) electrons. The highest BCUT2D eigenvalue weighted by Crippen LogP contribution is 2.31. The summed E-state index contributed by atoms with van der Waals surface area (Å²) in [5.74, 6) is -3.51. The summed E-state index contributed by atoms with van der Waals surface area (Å²) in [6.45, 7) is 2.47. The Morgan fingerprint density at radius 3 is 2.11 bits per heavy atom. The van der Waals surface area contributed by atoms with Crippen LogP contribution in [0.2, 0.25) is 0 Å². The zero-order valence-corrected chi connectivity index (χ0v) is 10.3. The Morgan fingerprint density at radius 2 is 1.78 bits per heavy atom. The fraction of sp³-hybridized carbons (Fsp3) is 0.800. The van der Waals surface area contributed by atoms with Crippen molar-refractivity contribution < 1.29 is 22.8 Å². The van der Waals surface area contributed by atoms with Crippen molar-refractivity contribution in [2.75, 3.05) is 6.54 Å². The quantitative estimate of drug-likeness (QED) is 0.646. The van der Waals surface area contributed by atoms with Gasteiger partial charge in [0.05, 0.1) is 5.92 Å². The molecule has 0 fully saturated rings. The van der Waals surface area contributed by atoms with E-state index in [1.54, 1.807) is 0 Å². The van der Waals surface area contributed by atoms with Crippen LogP contribution in [0.3, 0.4) is 0 Å². The lowest BCUT2D eigenvalue weighted by Crippen LogP contribution is -2.53. The van der Waals surface area contributed by atoms with Crippen LogP contribution in [0.5, 0.6) is 0 Å². The van der Waals surface area contributed by atoms with Gasteiger partial charge in [-0.15, -0.1) is 0 Å². The molecule has 106 valence electrons. The average molecular weight is 269 g/mol. The largest absolute Gasteiger partial charge is 0.392 e. The predicted octanol–water partition coefficient (Wildman–Crippen LogP) is 0.284. The van der Waals surface area contributed by atoms with Crippen LogP contribution in [0, 0.1) is 5.92 Å². The van der Waals surface area contributed by atoms with Crippen LogP contribution >= 0.6 is 0 Å². The number of alkyl halides is 3. The molecule has 1 atom stereocenters. The van der Waals surface area contributed by atoms with Crippen LogP contribution in [0.25, 0.3) is 0 Å². The zero-order valence-electron chi connectivity index (χ0n) is 10.3. The van der Waals surface area contributed by atoms with E-state index in [9.17, 15) is 22.8 Å². The van der Waals surface area contributed by atoms with E-state index >= 15 is 0 Å². The maximum Gasteiger partial charge on any atom is 0.392 e. The molecule has 0 heterocycles. The number of hydrogen-bond acceptors (Lipinski definition) is 3. The number of carbonyl (C=O) groups excluding carboxylic acids is 2. The third kappa shape index (κ3) is 5.35. The Hall–Kier alpha value is -1.31. The Bertz CT molecular complexity index is 316. The molecular formula is C10H18F3N3O2. The van der Waals surface area contributed by atoms with Gasteiger partial charge in [0.25, 0.3) is 0 Å². The minimum Gasteiger partial charge on any atom is -0.368 e. The lowest BCUT2D eigenvalue weighted by atomic mass is 9.98. The van der Waals surface area contributed by atoms with Gasteiger partial charge in [-0.2, -0.15) is 13.2 Å². The van der Waals surface area contributed by atoms with Gasteiger partial charge in [0, 0.05) is 6.42 Å². The molecule has 0 aromatic rings. The van der Waals surface area contributed by atoms with Crippen LogP contribution in [0.1, 0.15) is 26.7 Å². The fourth-order valence-electron chi connectivity index (χ4n) is 1.27. The molecular weight excluding hydrogens is 251 g/mol. The maximum absolute atomic E-state index is 12.5. The molecule has 5 nitrogen and oxygen atoms in total. The lowest BCUT2D eigenvalue weighted by molar-refractivity contribution is -0.180. The standard InChI is InChI=1S/C10H18F3N3O2/c1-9(2,8(15)18)16-7(17)5-6(3-4-14)10(11,12)13/h6H,3-5,14H2,1-2H3,(H2,15,18)(H,16,17). The highest BCUT2D eigenvalue weighted by Gasteiger charge is 2.40. The zero-order chi connectivity index (χ0) is 14.6. The summed E-state index contributed by atoms with van der Waals surface area (Å²) in [6.07, 6.45) is -5.60. The molecule has 0 aromatic heterocycles. The van der Waals surface area contributed by atoms with Crippen molar-refractivity contribution in [3.05, 3.63) is 0 Å². The third-order valence-corrected chi connectivity index (χ3v) is 2.48. The van der Waals surface area contributed by atoms with Gasteiger partial charge in [0.1, 0.15) is 5.54 Å². The number of primary amides is 1. The Labute approximate surface area is 103 Å². The van der Waals surface area contributed by atoms with Crippen molar-refractivity contribution in [1.82, 2.24) is 5.32 Å². The molecule has 0 saturated carbocycles. The number of nitrogens with two attached hydrogens (primary N) is 2. The van der Waals surface area contributed by atoms with Gasteiger partial charge in [-0.1, -0.05) is 0 Å². The van der Waals surface area contributed by atoms with E-state index in [1.165, 1.54) is 13.8 Å². The van der Waals surface area contributed by atoms with Crippen molar-refractivity contribution in [3.63, 3.8) is 0 Å². The normalized spacial score (nSPS) is 14.1. The molecule has 0 aliphatic heterocycles. The summed E-state index contributed by atoms with van der Waals surface area (Å²) >= 11 is 0. The van der Waals surface area contributed by atoms with Crippen molar-refractivity contribution in [1.29, 1.82) is 0 Å². The molecule has 0 spiro atoms. The molecule has 2 amide bonds. The molecule has 0 saturated heterocycles. The van der Waals surface area contributed by atoms with Crippen LogP contribution in [-0.2, 0) is 9.59 Å². The number of hydrogen-bond donors (Lipinski definition) is 3. The average Bonchev–Trinajstić information content (AvgIpc) is 2.14. The molecule has 8 heteroatoms. The highest BCUT2D eigenvalue weighted by atomic mass is 19.4. The molecule has 0 aliphatic carbocycles. The van der Waals surface area contributed by atoms with Gasteiger partial charge < -0.3 is 16.8 Å². The van der Waals surface area contributed by atoms with Crippen molar-refractivity contribution >= 4 is 11.8 Å². The van der Waals surface area contributed by atoms with Gasteiger partial charge in [-0.25, -0.2) is 0 Å². The van der Waals surface area contributed by atoms with E-state index in [4.69, 9.17) is 11.5 Å². The number of carbonyl (C=O) groups is 2. The van der Waals surface area contributed by atoms with Gasteiger partial charge in [-0.3, -0.25) is 9.59 Å². The fourth-order valence-corrected chi connectivity index (χ4v) is 1.27. The second-order valence-electron chi connectivity index (χ2n) is 4.56. The first-order chi connectivity index (χ1) is 8.00. The molecule has 0 aliphatic rings. The van der Waals surface area contributed by atoms with Gasteiger partial charge >= 0.3 is 6.18 Å². The highest BCUT2D eigenvalue weighted by molar-refractivity contribution is 5.89. The first-order valence-electron chi connectivity index (χ1n) is 5.38. The second-order valence-corrected chi connectivity index (χ2v) is 4.56. The van der Waals surface area contributed by atoms with E-state index in [2.05, 4.69) is 5.32 Å². The monoisotopic (exact) mass is 269 g/mol. The number of halogens is 3. The molecule has 18 heavy (non-hydrogen) atoms. The third-order valence-electron chi connectivity index (χ3n) is 2.48. The molecule has 0 rings (SSSR count). The Kier molecular flexibility index (Phi) is 5.59. The van der Waals surface area contributed by atoms with E-state index in [0.717, 1.165) is 0 Å². The Morgan fingerprint density at radius 1 is 1.28 bits per heavy atom. The van der Waals surface area contributed by atoms with Crippen molar-refractivity contribution in [2.45, 2.75) is 38.4 Å². The van der Waals surface area contributed by atoms with Crippen LogP contribution in [0.4, 0.5) is 13.2 Å². The van der Waals surface area contributed by atoms with Gasteiger partial charge in [0.15, 0.2) is 0 Å². The van der Waals surface area contributed by atoms with Crippen molar-refractivity contribution in [3.8, 4) is 0 Å². The summed E-state index contributed by atoms with van der Waals surface area (Å²) < 4.78 is 37.6. The SMILES string of the molecule is CC(C)(NC(=O)CC(CCN)C(F)(F)F)C(N)=O. The first kappa shape index (κ1) is 16.7. The van der Waals surface area contributed by atoms with E-state index < -0.39 is 35.9 Å². The summed E-state index contributed by atoms with van der Waals surface area (Å²) in [6, 6.07) is 0. The van der Waals surface area contributed by atoms with E-state index in [-0.39, 0.29) is 13.0 Å². The minimum absolute atomic E-state index is 0.170. The van der Waals surface area contributed by atoms with Crippen LogP contribution in [0.15, 0.2) is 0 Å².